The summed E-state index contributed by atoms with van der Waals surface area (Å²) in [4.78, 5) is 11.0. The summed E-state index contributed by atoms with van der Waals surface area (Å²) < 4.78 is 15.0. The van der Waals surface area contributed by atoms with E-state index in [1.165, 1.54) is 0 Å². The van der Waals surface area contributed by atoms with Crippen LogP contribution >= 0.6 is 0 Å². The third-order valence-electron chi connectivity index (χ3n) is 2.24. The van der Waals surface area contributed by atoms with Crippen molar-refractivity contribution in [1.82, 2.24) is 0 Å². The Labute approximate surface area is 102 Å². The number of hydrogen-bond donors (Lipinski definition) is 1. The Morgan fingerprint density at radius 1 is 1.41 bits per heavy atom. The molecule has 0 aliphatic heterocycles. The number of quaternary nitrogens is 1. The van der Waals surface area contributed by atoms with Crippen LogP contribution in [-0.2, 0) is 19.0 Å². The number of hydroxylamine groups is 2. The van der Waals surface area contributed by atoms with Gasteiger partial charge < -0.3 is 24.5 Å². The summed E-state index contributed by atoms with van der Waals surface area (Å²) in [6.45, 7) is 4.96. The van der Waals surface area contributed by atoms with Crippen LogP contribution < -0.4 is 5.06 Å². The van der Waals surface area contributed by atoms with Crippen molar-refractivity contribution in [2.45, 2.75) is 26.4 Å². The molecule has 1 N–H and O–H groups in total. The van der Waals surface area contributed by atoms with E-state index in [2.05, 4.69) is 4.74 Å². The lowest BCUT2D eigenvalue weighted by Gasteiger charge is -2.20. The minimum atomic E-state index is -0.467. The molecule has 0 aromatic heterocycles. The Morgan fingerprint density at radius 3 is 2.71 bits per heavy atom. The summed E-state index contributed by atoms with van der Waals surface area (Å²) in [6.07, 6.45) is 0.952. The molecule has 17 heavy (non-hydrogen) atoms. The lowest BCUT2D eigenvalue weighted by molar-refractivity contribution is -0.840. The van der Waals surface area contributed by atoms with Gasteiger partial charge in [-0.2, -0.15) is 0 Å². The van der Waals surface area contributed by atoms with Gasteiger partial charge in [0.2, 0.25) is 0 Å². The number of rotatable bonds is 10. The van der Waals surface area contributed by atoms with Gasteiger partial charge in [-0.05, 0) is 20.3 Å². The second-order valence-corrected chi connectivity index (χ2v) is 3.72. The summed E-state index contributed by atoms with van der Waals surface area (Å²) in [5.74, 6) is -0.467. The molecule has 0 rings (SSSR count). The molecule has 0 aromatic rings. The van der Waals surface area contributed by atoms with Crippen LogP contribution in [0.2, 0.25) is 0 Å². The van der Waals surface area contributed by atoms with Crippen LogP contribution in [0.3, 0.4) is 0 Å². The molecule has 0 spiro atoms. The molecule has 102 valence electrons. The monoisotopic (exact) mass is 249 g/mol. The summed E-state index contributed by atoms with van der Waals surface area (Å²) in [5.41, 5.74) is 0. The van der Waals surface area contributed by atoms with Crippen molar-refractivity contribution in [3.05, 3.63) is 5.21 Å². The number of carbonyl (C=O) groups excluding carboxylic acids is 1. The van der Waals surface area contributed by atoms with Crippen molar-refractivity contribution in [2.75, 3.05) is 40.0 Å². The molecule has 0 aromatic carbocycles. The quantitative estimate of drug-likeness (QED) is 0.317. The molecule has 0 radical (unpaired) electrons. The first-order chi connectivity index (χ1) is 8.10. The Bertz CT molecular complexity index is 200. The summed E-state index contributed by atoms with van der Waals surface area (Å²) in [5, 5.41) is 11.1. The van der Waals surface area contributed by atoms with Crippen LogP contribution in [0, 0.1) is 5.21 Å². The average molecular weight is 249 g/mol. The fourth-order valence-corrected chi connectivity index (χ4v) is 1.12. The normalized spacial score (nSPS) is 14.4. The molecule has 0 aliphatic rings. The molecule has 0 amide bonds. The maximum atomic E-state index is 11.3. The summed E-state index contributed by atoms with van der Waals surface area (Å²) in [7, 11) is 1.65. The second kappa shape index (κ2) is 10.5. The third-order valence-corrected chi connectivity index (χ3v) is 2.24. The molecule has 0 fully saturated rings. The van der Waals surface area contributed by atoms with Crippen molar-refractivity contribution in [3.8, 4) is 0 Å². The molecule has 0 heterocycles. The summed E-state index contributed by atoms with van der Waals surface area (Å²) >= 11 is 0. The average Bonchev–Trinajstić information content (AvgIpc) is 2.28. The van der Waals surface area contributed by atoms with Crippen molar-refractivity contribution in [2.24, 2.45) is 0 Å². The van der Waals surface area contributed by atoms with Crippen molar-refractivity contribution in [1.29, 1.82) is 0 Å². The van der Waals surface area contributed by atoms with E-state index >= 15 is 0 Å². The van der Waals surface area contributed by atoms with Crippen LogP contribution in [0.15, 0.2) is 0 Å². The first kappa shape index (κ1) is 16.3. The zero-order chi connectivity index (χ0) is 13.1. The number of esters is 1. The van der Waals surface area contributed by atoms with Gasteiger partial charge in [0.1, 0.15) is 6.54 Å². The number of nitrogens with one attached hydrogen (secondary N) is 1. The van der Waals surface area contributed by atoms with Crippen LogP contribution in [0.4, 0.5) is 0 Å². The smallest absolute Gasteiger partial charge is 0.361 e. The molecule has 0 aliphatic carbocycles. The molecule has 6 heteroatoms. The lowest BCUT2D eigenvalue weighted by Crippen LogP contribution is -3.08. The highest BCUT2D eigenvalue weighted by Gasteiger charge is 2.07. The lowest BCUT2D eigenvalue weighted by atomic mass is 10.3. The minimum Gasteiger partial charge on any atom is -0.634 e. The maximum absolute atomic E-state index is 11.3. The van der Waals surface area contributed by atoms with E-state index in [0.717, 1.165) is 6.42 Å². The van der Waals surface area contributed by atoms with Crippen molar-refractivity contribution < 1.29 is 24.1 Å². The van der Waals surface area contributed by atoms with E-state index in [0.29, 0.717) is 19.8 Å². The van der Waals surface area contributed by atoms with Gasteiger partial charge in [0.25, 0.3) is 0 Å². The highest BCUT2D eigenvalue weighted by Crippen LogP contribution is 1.94. The van der Waals surface area contributed by atoms with E-state index in [1.807, 2.05) is 6.92 Å². The Balaban J connectivity index is 3.38. The molecular weight excluding hydrogens is 226 g/mol. The van der Waals surface area contributed by atoms with Gasteiger partial charge >= 0.3 is 5.97 Å². The van der Waals surface area contributed by atoms with Crippen LogP contribution in [0.25, 0.3) is 0 Å². The molecule has 0 saturated carbocycles. The van der Waals surface area contributed by atoms with Crippen LogP contribution in [-0.4, -0.2) is 52.1 Å². The number of hydrogen-bond acceptors (Lipinski definition) is 5. The number of methoxy groups -OCH3 is 1. The van der Waals surface area contributed by atoms with E-state index in [1.54, 1.807) is 14.0 Å². The highest BCUT2D eigenvalue weighted by atomic mass is 16.6. The first-order valence-corrected chi connectivity index (χ1v) is 5.88. The molecule has 0 saturated heterocycles. The van der Waals surface area contributed by atoms with E-state index < -0.39 is 5.97 Å². The Kier molecular flexibility index (Phi) is 10.0. The Hall–Kier alpha value is -0.690. The van der Waals surface area contributed by atoms with Gasteiger partial charge in [0, 0.05) is 13.7 Å². The fourth-order valence-electron chi connectivity index (χ4n) is 1.12. The Morgan fingerprint density at radius 2 is 2.12 bits per heavy atom. The zero-order valence-electron chi connectivity index (χ0n) is 10.9. The fraction of sp³-hybridized carbons (Fsp3) is 0.909. The predicted molar refractivity (Wildman–Crippen MR) is 62.6 cm³/mol. The van der Waals surface area contributed by atoms with Gasteiger partial charge in [0.15, 0.2) is 6.54 Å². The van der Waals surface area contributed by atoms with E-state index in [4.69, 9.17) is 9.47 Å². The number of carbonyl (C=O) groups is 1. The van der Waals surface area contributed by atoms with Crippen LogP contribution in [0.1, 0.15) is 20.3 Å². The molecule has 6 nitrogen and oxygen atoms in total. The SMILES string of the molecule is CCOC(=O)C[NH+]([O-])CCOCCC(C)OC. The van der Waals surface area contributed by atoms with Crippen molar-refractivity contribution in [3.63, 3.8) is 0 Å². The minimum absolute atomic E-state index is 0.150. The highest BCUT2D eigenvalue weighted by molar-refractivity contribution is 5.70. The third kappa shape index (κ3) is 10.2. The summed E-state index contributed by atoms with van der Waals surface area (Å²) in [6, 6.07) is 0. The van der Waals surface area contributed by atoms with Gasteiger partial charge in [-0.1, -0.05) is 0 Å². The zero-order valence-corrected chi connectivity index (χ0v) is 10.9. The largest absolute Gasteiger partial charge is 0.634 e. The number of ether oxygens (including phenoxy) is 3. The van der Waals surface area contributed by atoms with Gasteiger partial charge in [-0.3, -0.25) is 0 Å². The van der Waals surface area contributed by atoms with Crippen molar-refractivity contribution >= 4 is 5.97 Å². The van der Waals surface area contributed by atoms with Gasteiger partial charge in [-0.25, -0.2) is 4.79 Å². The topological polar surface area (TPSA) is 72.3 Å². The molecule has 2 atom stereocenters. The van der Waals surface area contributed by atoms with E-state index in [-0.39, 0.29) is 24.3 Å². The van der Waals surface area contributed by atoms with Crippen LogP contribution in [0.5, 0.6) is 0 Å². The molecule has 0 bridgehead atoms. The van der Waals surface area contributed by atoms with E-state index in [9.17, 15) is 10.0 Å². The predicted octanol–water partition coefficient (Wildman–Crippen LogP) is -0.626. The maximum Gasteiger partial charge on any atom is 0.361 e. The second-order valence-electron chi connectivity index (χ2n) is 3.72. The standard InChI is InChI=1S/C11H23NO5/c1-4-17-11(13)9-12(14)6-8-16-7-5-10(2)15-3/h10,12H,4-9H2,1-3H3. The van der Waals surface area contributed by atoms with Gasteiger partial charge in [0.05, 0.1) is 19.3 Å². The molecule has 2 unspecified atom stereocenters. The van der Waals surface area contributed by atoms with Gasteiger partial charge in [-0.15, -0.1) is 0 Å². The first-order valence-electron chi connectivity index (χ1n) is 5.88. The molecular formula is C11H23NO5.